The first-order valence-electron chi connectivity index (χ1n) is 15.2. The normalized spacial score (nSPS) is 16.2. The van der Waals surface area contributed by atoms with E-state index in [0.29, 0.717) is 37.1 Å². The van der Waals surface area contributed by atoms with Crippen molar-refractivity contribution in [2.24, 2.45) is 0 Å². The average Bonchev–Trinajstić information content (AvgIpc) is 2.91. The van der Waals surface area contributed by atoms with E-state index in [0.717, 1.165) is 17.5 Å². The van der Waals surface area contributed by atoms with Crippen LogP contribution in [0.3, 0.4) is 0 Å². The minimum Gasteiger partial charge on any atom is -0.478 e. The molecule has 43 heavy (non-hydrogen) atoms. The maximum atomic E-state index is 14.7. The number of nitro groups is 1. The molecule has 1 aliphatic heterocycles. The Bertz CT molecular complexity index is 1400. The van der Waals surface area contributed by atoms with Gasteiger partial charge in [-0.25, -0.2) is 4.79 Å². The Labute approximate surface area is 257 Å². The van der Waals surface area contributed by atoms with Gasteiger partial charge in [-0.15, -0.1) is 0 Å². The van der Waals surface area contributed by atoms with E-state index < -0.39 is 24.6 Å². The van der Waals surface area contributed by atoms with Gasteiger partial charge in [-0.2, -0.15) is 0 Å². The zero-order valence-corrected chi connectivity index (χ0v) is 28.2. The number of benzene rings is 2. The molecule has 2 aromatic rings. The smallest absolute Gasteiger partial charge is 0.335 e. The third kappa shape index (κ3) is 8.00. The number of allylic oxidation sites excluding steroid dienone is 1. The summed E-state index contributed by atoms with van der Waals surface area (Å²) in [6, 6.07) is 10.7. The Morgan fingerprint density at radius 3 is 2.28 bits per heavy atom. The molecule has 1 atom stereocenters. The summed E-state index contributed by atoms with van der Waals surface area (Å²) in [7, 11) is -2.14. The Hall–Kier alpha value is -3.30. The Morgan fingerprint density at radius 2 is 1.74 bits per heavy atom. The van der Waals surface area contributed by atoms with Crippen molar-refractivity contribution in [1.82, 2.24) is 4.90 Å². The number of nitrogens with zero attached hydrogens (tertiary/aromatic N) is 2. The standard InChI is InChI=1S/C34H48N2O6Si/c1-10-11-16-26(36(40)41)20-28-29(18-25(32(38)39)19-30(28)33(2,3)4)31(37)35-21-24-15-13-12-14-23(24)17-27(35)22-42-43(8,9)34(5,6)7/h12-15,18-20,27H,10-11,16-17,21-22H2,1-9H3,(H,38,39). The maximum Gasteiger partial charge on any atom is 0.335 e. The minimum atomic E-state index is -2.14. The first-order chi connectivity index (χ1) is 19.9. The molecule has 1 heterocycles. The minimum absolute atomic E-state index is 0.00581. The highest BCUT2D eigenvalue weighted by Gasteiger charge is 2.40. The fourth-order valence-electron chi connectivity index (χ4n) is 5.12. The second kappa shape index (κ2) is 13.1. The number of rotatable bonds is 10. The van der Waals surface area contributed by atoms with Gasteiger partial charge in [0.25, 0.3) is 5.91 Å². The van der Waals surface area contributed by atoms with Gasteiger partial charge in [0.05, 0.1) is 23.1 Å². The van der Waals surface area contributed by atoms with E-state index in [-0.39, 0.29) is 40.2 Å². The van der Waals surface area contributed by atoms with Crippen LogP contribution in [0.4, 0.5) is 0 Å². The van der Waals surface area contributed by atoms with Crippen LogP contribution in [0.15, 0.2) is 42.1 Å². The topological polar surface area (TPSA) is 110 Å². The first kappa shape index (κ1) is 34.2. The molecule has 1 unspecified atom stereocenters. The summed E-state index contributed by atoms with van der Waals surface area (Å²) in [4.78, 5) is 40.5. The SMILES string of the molecule is CCCCC(=Cc1c(C(=O)N2Cc3ccccc3CC2CO[Si](C)(C)C(C)(C)C)cc(C(=O)O)cc1C(C)(C)C)[N+](=O)[O-]. The van der Waals surface area contributed by atoms with Crippen LogP contribution in [0.5, 0.6) is 0 Å². The summed E-state index contributed by atoms with van der Waals surface area (Å²) in [5, 5.41) is 22.1. The molecule has 0 aliphatic carbocycles. The summed E-state index contributed by atoms with van der Waals surface area (Å²) >= 11 is 0. The molecule has 9 heteroatoms. The lowest BCUT2D eigenvalue weighted by Crippen LogP contribution is -2.50. The van der Waals surface area contributed by atoms with Crippen molar-refractivity contribution in [3.05, 3.63) is 85.6 Å². The van der Waals surface area contributed by atoms with Gasteiger partial charge in [-0.1, -0.05) is 79.2 Å². The van der Waals surface area contributed by atoms with Gasteiger partial charge >= 0.3 is 5.97 Å². The first-order valence-corrected chi connectivity index (χ1v) is 18.1. The Balaban J connectivity index is 2.24. The van der Waals surface area contributed by atoms with Gasteiger partial charge in [0, 0.05) is 24.6 Å². The molecule has 234 valence electrons. The van der Waals surface area contributed by atoms with E-state index >= 15 is 0 Å². The molecule has 0 fully saturated rings. The van der Waals surface area contributed by atoms with Crippen molar-refractivity contribution >= 4 is 26.3 Å². The number of carbonyl (C=O) groups is 2. The molecule has 8 nitrogen and oxygen atoms in total. The largest absolute Gasteiger partial charge is 0.478 e. The molecule has 0 saturated heterocycles. The number of carboxylic acid groups (broad SMARTS) is 1. The molecule has 2 aromatic carbocycles. The molecule has 1 amide bonds. The summed E-state index contributed by atoms with van der Waals surface area (Å²) in [6.07, 6.45) is 3.76. The maximum absolute atomic E-state index is 14.7. The number of carbonyl (C=O) groups excluding carboxylic acids is 1. The predicted octanol–water partition coefficient (Wildman–Crippen LogP) is 8.08. The van der Waals surface area contributed by atoms with Crippen molar-refractivity contribution in [1.29, 1.82) is 0 Å². The molecule has 0 bridgehead atoms. The molecule has 1 aliphatic rings. The van der Waals surface area contributed by atoms with Crippen LogP contribution in [0.2, 0.25) is 18.1 Å². The van der Waals surface area contributed by atoms with Crippen molar-refractivity contribution in [3.8, 4) is 0 Å². The summed E-state index contributed by atoms with van der Waals surface area (Å²) in [6.45, 7) is 19.3. The van der Waals surface area contributed by atoms with Gasteiger partial charge in [0.1, 0.15) is 0 Å². The van der Waals surface area contributed by atoms with E-state index in [1.54, 1.807) is 11.0 Å². The number of hydrogen-bond acceptors (Lipinski definition) is 5. The number of unbranched alkanes of at least 4 members (excludes halogenated alkanes) is 1. The van der Waals surface area contributed by atoms with Crippen molar-refractivity contribution < 1.29 is 24.0 Å². The van der Waals surface area contributed by atoms with Gasteiger partial charge in [0.2, 0.25) is 5.70 Å². The number of amides is 1. The highest BCUT2D eigenvalue weighted by Crippen LogP contribution is 2.38. The van der Waals surface area contributed by atoms with Gasteiger partial charge in [-0.05, 0) is 70.8 Å². The van der Waals surface area contributed by atoms with Crippen molar-refractivity contribution in [3.63, 3.8) is 0 Å². The second-order valence-electron chi connectivity index (χ2n) is 14.2. The van der Waals surface area contributed by atoms with Crippen LogP contribution in [-0.4, -0.2) is 47.8 Å². The van der Waals surface area contributed by atoms with Gasteiger partial charge in [0.15, 0.2) is 8.32 Å². The summed E-state index contributed by atoms with van der Waals surface area (Å²) in [5.41, 5.74) is 2.73. The lowest BCUT2D eigenvalue weighted by Gasteiger charge is -2.41. The molecular formula is C34H48N2O6Si. The van der Waals surface area contributed by atoms with Crippen LogP contribution in [0.1, 0.15) is 111 Å². The summed E-state index contributed by atoms with van der Waals surface area (Å²) < 4.78 is 6.62. The number of aromatic carboxylic acids is 1. The molecule has 0 aromatic heterocycles. The van der Waals surface area contributed by atoms with Crippen LogP contribution in [0, 0.1) is 10.1 Å². The van der Waals surface area contributed by atoms with Crippen molar-refractivity contribution in [2.45, 2.75) is 110 Å². The van der Waals surface area contributed by atoms with E-state index in [4.69, 9.17) is 4.43 Å². The zero-order chi connectivity index (χ0) is 32.3. The third-order valence-corrected chi connectivity index (χ3v) is 13.4. The van der Waals surface area contributed by atoms with Crippen LogP contribution in [0.25, 0.3) is 6.08 Å². The molecular weight excluding hydrogens is 560 g/mol. The van der Waals surface area contributed by atoms with Crippen LogP contribution < -0.4 is 0 Å². The fourth-order valence-corrected chi connectivity index (χ4v) is 6.16. The lowest BCUT2D eigenvalue weighted by atomic mass is 9.80. The van der Waals surface area contributed by atoms with Crippen LogP contribution >= 0.6 is 0 Å². The highest BCUT2D eigenvalue weighted by molar-refractivity contribution is 6.74. The Morgan fingerprint density at radius 1 is 1.12 bits per heavy atom. The summed E-state index contributed by atoms with van der Waals surface area (Å²) in [5.74, 6) is -1.51. The third-order valence-electron chi connectivity index (χ3n) is 8.86. The van der Waals surface area contributed by atoms with Gasteiger partial charge < -0.3 is 14.4 Å². The van der Waals surface area contributed by atoms with E-state index in [9.17, 15) is 24.8 Å². The fraction of sp³-hybridized carbons (Fsp3) is 0.529. The average molecular weight is 609 g/mol. The Kier molecular flexibility index (Phi) is 10.4. The van der Waals surface area contributed by atoms with Crippen molar-refractivity contribution in [2.75, 3.05) is 6.61 Å². The zero-order valence-electron chi connectivity index (χ0n) is 27.2. The molecule has 0 saturated carbocycles. The molecule has 1 N–H and O–H groups in total. The van der Waals surface area contributed by atoms with Gasteiger partial charge in [-0.3, -0.25) is 14.9 Å². The molecule has 3 rings (SSSR count). The lowest BCUT2D eigenvalue weighted by molar-refractivity contribution is -0.426. The van der Waals surface area contributed by atoms with E-state index in [1.807, 2.05) is 45.9 Å². The second-order valence-corrected chi connectivity index (χ2v) is 19.0. The van der Waals surface area contributed by atoms with Crippen LogP contribution in [-0.2, 0) is 22.8 Å². The monoisotopic (exact) mass is 608 g/mol. The molecule has 0 radical (unpaired) electrons. The highest BCUT2D eigenvalue weighted by atomic mass is 28.4. The number of carboxylic acids is 1. The quantitative estimate of drug-likeness (QED) is 0.166. The molecule has 0 spiro atoms. The number of fused-ring (bicyclic) bond motifs is 1. The van der Waals surface area contributed by atoms with E-state index in [1.165, 1.54) is 12.1 Å². The number of hydrogen-bond donors (Lipinski definition) is 1. The predicted molar refractivity (Wildman–Crippen MR) is 174 cm³/mol. The van der Waals surface area contributed by atoms with E-state index in [2.05, 4.69) is 39.9 Å².